The number of fused-ring (bicyclic) bond motifs is 1. The van der Waals surface area contributed by atoms with Gasteiger partial charge >= 0.3 is 5.97 Å². The summed E-state index contributed by atoms with van der Waals surface area (Å²) < 4.78 is 5.29. The summed E-state index contributed by atoms with van der Waals surface area (Å²) in [4.78, 5) is 42.3. The number of hydrogen-bond donors (Lipinski definition) is 1. The number of rotatable bonds is 4. The van der Waals surface area contributed by atoms with Crippen molar-refractivity contribution in [3.63, 3.8) is 0 Å². The lowest BCUT2D eigenvalue weighted by Crippen LogP contribution is -2.65. The average Bonchev–Trinajstić information content (AvgIpc) is 3.15. The Morgan fingerprint density at radius 1 is 1.05 bits per heavy atom. The van der Waals surface area contributed by atoms with Crippen LogP contribution >= 0.6 is 0 Å². The molecule has 3 saturated carbocycles. The predicted octanol–water partition coefficient (Wildman–Crippen LogP) is 5.71. The van der Waals surface area contributed by atoms with E-state index in [1.165, 1.54) is 10.5 Å². The summed E-state index contributed by atoms with van der Waals surface area (Å²) in [6.07, 6.45) is 7.47. The minimum Gasteiger partial charge on any atom is -0.497 e. The second-order valence-electron chi connectivity index (χ2n) is 13.2. The summed E-state index contributed by atoms with van der Waals surface area (Å²) in [5, 5.41) is 10.3. The third-order valence-electron chi connectivity index (χ3n) is 11.5. The predicted molar refractivity (Wildman–Crippen MR) is 140 cm³/mol. The Hall–Kier alpha value is -2.63. The van der Waals surface area contributed by atoms with Crippen LogP contribution in [0.4, 0.5) is 5.69 Å². The Labute approximate surface area is 219 Å². The zero-order chi connectivity index (χ0) is 26.5. The van der Waals surface area contributed by atoms with Gasteiger partial charge in [-0.2, -0.15) is 0 Å². The number of amides is 2. The van der Waals surface area contributed by atoms with Gasteiger partial charge in [0.2, 0.25) is 11.8 Å². The van der Waals surface area contributed by atoms with E-state index in [0.717, 1.165) is 32.1 Å². The third kappa shape index (κ3) is 3.01. The van der Waals surface area contributed by atoms with E-state index in [4.69, 9.17) is 4.74 Å². The van der Waals surface area contributed by atoms with Gasteiger partial charge in [-0.1, -0.05) is 38.8 Å². The van der Waals surface area contributed by atoms with E-state index in [0.29, 0.717) is 23.8 Å². The van der Waals surface area contributed by atoms with Crippen LogP contribution in [0.2, 0.25) is 0 Å². The standard InChI is InChI=1S/C31H39NO5/c1-17(2)21-16-31-14-11-22-29(3,12-6-13-30(22,4)28(35)36)23(31)15-20(21)24-25(31)27(34)32(26(24)33)18-7-9-19(37-5)10-8-18/h7-10,16-17,20,22-25H,6,11-15H2,1-5H3,(H,35,36)/t20-,22+,23+,24+,25-,29+,30-,31-/m0/s1. The second kappa shape index (κ2) is 7.94. The molecule has 5 aliphatic carbocycles. The van der Waals surface area contributed by atoms with Gasteiger partial charge in [-0.3, -0.25) is 19.3 Å². The molecule has 1 saturated heterocycles. The van der Waals surface area contributed by atoms with Gasteiger partial charge in [0.25, 0.3) is 0 Å². The molecule has 6 nitrogen and oxygen atoms in total. The fourth-order valence-corrected chi connectivity index (χ4v) is 9.94. The Morgan fingerprint density at radius 3 is 2.38 bits per heavy atom. The lowest BCUT2D eigenvalue weighted by atomic mass is 9.34. The lowest BCUT2D eigenvalue weighted by molar-refractivity contribution is -0.194. The maximum Gasteiger partial charge on any atom is 0.309 e. The van der Waals surface area contributed by atoms with E-state index in [1.54, 1.807) is 31.4 Å². The molecular weight excluding hydrogens is 466 g/mol. The van der Waals surface area contributed by atoms with Gasteiger partial charge in [-0.05, 0) is 92.4 Å². The van der Waals surface area contributed by atoms with Gasteiger partial charge in [0.15, 0.2) is 0 Å². The third-order valence-corrected chi connectivity index (χ3v) is 11.5. The maximum absolute atomic E-state index is 14.3. The topological polar surface area (TPSA) is 83.9 Å². The summed E-state index contributed by atoms with van der Waals surface area (Å²) in [6.45, 7) is 8.66. The fraction of sp³-hybridized carbons (Fsp3) is 0.645. The minimum absolute atomic E-state index is 0.0326. The molecule has 1 aromatic rings. The van der Waals surface area contributed by atoms with Crippen LogP contribution in [0.5, 0.6) is 5.75 Å². The van der Waals surface area contributed by atoms with Crippen LogP contribution in [0, 0.1) is 51.8 Å². The van der Waals surface area contributed by atoms with E-state index in [9.17, 15) is 19.5 Å². The van der Waals surface area contributed by atoms with Crippen LogP contribution in [-0.2, 0) is 14.4 Å². The molecule has 8 atom stereocenters. The number of hydrogen-bond acceptors (Lipinski definition) is 4. The Morgan fingerprint density at radius 2 is 1.76 bits per heavy atom. The number of nitrogens with zero attached hydrogens (tertiary/aromatic N) is 1. The first-order chi connectivity index (χ1) is 17.5. The molecule has 6 aliphatic rings. The van der Waals surface area contributed by atoms with Crippen molar-refractivity contribution in [1.29, 1.82) is 0 Å². The number of ether oxygens (including phenoxy) is 1. The summed E-state index contributed by atoms with van der Waals surface area (Å²) >= 11 is 0. The van der Waals surface area contributed by atoms with Crippen LogP contribution in [0.3, 0.4) is 0 Å². The van der Waals surface area contributed by atoms with E-state index in [1.807, 2.05) is 6.92 Å². The van der Waals surface area contributed by atoms with Crippen molar-refractivity contribution < 1.29 is 24.2 Å². The number of carboxylic acid groups (broad SMARTS) is 1. The molecule has 0 unspecified atom stereocenters. The highest BCUT2D eigenvalue weighted by Gasteiger charge is 2.73. The molecule has 1 heterocycles. The smallest absolute Gasteiger partial charge is 0.309 e. The Balaban J connectivity index is 1.47. The number of methoxy groups -OCH3 is 1. The molecule has 1 N–H and O–H groups in total. The van der Waals surface area contributed by atoms with Crippen molar-refractivity contribution >= 4 is 23.5 Å². The van der Waals surface area contributed by atoms with E-state index >= 15 is 0 Å². The number of allylic oxidation sites excluding steroid dienone is 2. The second-order valence-corrected chi connectivity index (χ2v) is 13.2. The molecule has 2 bridgehead atoms. The van der Waals surface area contributed by atoms with Crippen molar-refractivity contribution in [2.24, 2.45) is 51.8 Å². The van der Waals surface area contributed by atoms with E-state index < -0.39 is 16.8 Å². The molecule has 0 radical (unpaired) electrons. The zero-order valence-corrected chi connectivity index (χ0v) is 22.6. The SMILES string of the molecule is COc1ccc(N2C(=O)[C@H]3[C@@H](C2=O)[C@@]24C=C(C(C)C)[C@@H]3C[C@@H]2[C@]2(C)CCC[C@](C)(C(=O)O)[C@@H]2CC4)cc1. The first-order valence-corrected chi connectivity index (χ1v) is 14.0. The van der Waals surface area contributed by atoms with Crippen LogP contribution in [0.1, 0.15) is 66.2 Å². The number of carbonyl (C=O) groups is 3. The van der Waals surface area contributed by atoms with Gasteiger partial charge < -0.3 is 9.84 Å². The number of aliphatic carboxylic acids is 1. The van der Waals surface area contributed by atoms with Crippen LogP contribution in [-0.4, -0.2) is 30.0 Å². The van der Waals surface area contributed by atoms with Crippen molar-refractivity contribution in [1.82, 2.24) is 0 Å². The maximum atomic E-state index is 14.3. The average molecular weight is 506 g/mol. The summed E-state index contributed by atoms with van der Waals surface area (Å²) in [6, 6.07) is 7.20. The molecule has 2 amide bonds. The first kappa shape index (κ1) is 24.7. The quantitative estimate of drug-likeness (QED) is 0.419. The molecule has 198 valence electrons. The van der Waals surface area contributed by atoms with Crippen molar-refractivity contribution in [2.45, 2.75) is 66.2 Å². The highest BCUT2D eigenvalue weighted by atomic mass is 16.5. The summed E-state index contributed by atoms with van der Waals surface area (Å²) in [7, 11) is 1.60. The molecule has 37 heavy (non-hydrogen) atoms. The number of carboxylic acids is 1. The number of carbonyl (C=O) groups excluding carboxylic acids is 2. The Kier molecular flexibility index (Phi) is 5.30. The molecular formula is C31H39NO5. The number of imide groups is 1. The normalized spacial score (nSPS) is 42.3. The van der Waals surface area contributed by atoms with Gasteiger partial charge in [0, 0.05) is 5.41 Å². The van der Waals surface area contributed by atoms with Gasteiger partial charge in [-0.15, -0.1) is 0 Å². The molecule has 1 spiro atoms. The minimum atomic E-state index is -0.736. The van der Waals surface area contributed by atoms with Gasteiger partial charge in [0.05, 0.1) is 30.0 Å². The van der Waals surface area contributed by atoms with Crippen LogP contribution < -0.4 is 9.64 Å². The van der Waals surface area contributed by atoms with Crippen LogP contribution in [0.15, 0.2) is 35.9 Å². The fourth-order valence-electron chi connectivity index (χ4n) is 9.94. The molecule has 0 aromatic heterocycles. The van der Waals surface area contributed by atoms with Crippen molar-refractivity contribution in [3.05, 3.63) is 35.9 Å². The molecule has 7 rings (SSSR count). The van der Waals surface area contributed by atoms with Gasteiger partial charge in [0.1, 0.15) is 5.75 Å². The Bertz CT molecular complexity index is 1200. The number of benzene rings is 1. The molecule has 1 aliphatic heterocycles. The highest BCUT2D eigenvalue weighted by molar-refractivity contribution is 6.23. The molecule has 4 fully saturated rings. The highest BCUT2D eigenvalue weighted by Crippen LogP contribution is 2.74. The number of anilines is 1. The van der Waals surface area contributed by atoms with Gasteiger partial charge in [-0.25, -0.2) is 0 Å². The van der Waals surface area contributed by atoms with E-state index in [2.05, 4.69) is 26.8 Å². The molecule has 1 aromatic carbocycles. The van der Waals surface area contributed by atoms with Crippen LogP contribution in [0.25, 0.3) is 0 Å². The largest absolute Gasteiger partial charge is 0.497 e. The van der Waals surface area contributed by atoms with E-state index in [-0.39, 0.29) is 46.8 Å². The summed E-state index contributed by atoms with van der Waals surface area (Å²) in [5.41, 5.74) is 0.645. The van der Waals surface area contributed by atoms with Crippen molar-refractivity contribution in [3.8, 4) is 5.75 Å². The summed E-state index contributed by atoms with van der Waals surface area (Å²) in [5.74, 6) is -0.213. The monoisotopic (exact) mass is 505 g/mol. The lowest BCUT2D eigenvalue weighted by Gasteiger charge is -2.68. The first-order valence-electron chi connectivity index (χ1n) is 14.0. The zero-order valence-electron chi connectivity index (χ0n) is 22.6. The molecule has 6 heteroatoms. The van der Waals surface area contributed by atoms with Crippen molar-refractivity contribution in [2.75, 3.05) is 12.0 Å².